The van der Waals surface area contributed by atoms with Crippen molar-refractivity contribution < 1.29 is 4.79 Å². The molecule has 98 valence electrons. The van der Waals surface area contributed by atoms with Crippen molar-refractivity contribution >= 4 is 5.91 Å². The van der Waals surface area contributed by atoms with Crippen LogP contribution in [0.15, 0.2) is 18.3 Å². The summed E-state index contributed by atoms with van der Waals surface area (Å²) in [6, 6.07) is 3.96. The van der Waals surface area contributed by atoms with E-state index in [4.69, 9.17) is 0 Å². The SMILES string of the molecule is Cc1ccc(CC(=O)N2CC(C)CC(C)C2)cn1. The van der Waals surface area contributed by atoms with Crippen molar-refractivity contribution in [2.24, 2.45) is 11.8 Å². The first-order valence-electron chi connectivity index (χ1n) is 6.74. The van der Waals surface area contributed by atoms with E-state index in [1.165, 1.54) is 6.42 Å². The van der Waals surface area contributed by atoms with Gasteiger partial charge in [-0.1, -0.05) is 19.9 Å². The molecule has 2 unspecified atom stereocenters. The Morgan fingerprint density at radius 2 is 2.00 bits per heavy atom. The summed E-state index contributed by atoms with van der Waals surface area (Å²) >= 11 is 0. The molecule has 1 aliphatic heterocycles. The summed E-state index contributed by atoms with van der Waals surface area (Å²) in [6.07, 6.45) is 3.52. The number of piperidine rings is 1. The fraction of sp³-hybridized carbons (Fsp3) is 0.600. The first kappa shape index (κ1) is 13.1. The normalized spacial score (nSPS) is 24.1. The van der Waals surface area contributed by atoms with E-state index in [1.807, 2.05) is 30.2 Å². The number of carbonyl (C=O) groups is 1. The summed E-state index contributed by atoms with van der Waals surface area (Å²) in [4.78, 5) is 18.5. The standard InChI is InChI=1S/C15H22N2O/c1-11-6-12(2)10-17(9-11)15(18)7-14-5-4-13(3)16-8-14/h4-5,8,11-12H,6-7,9-10H2,1-3H3. The molecule has 0 aliphatic carbocycles. The third kappa shape index (κ3) is 3.31. The number of pyridine rings is 1. The van der Waals surface area contributed by atoms with Gasteiger partial charge < -0.3 is 4.90 Å². The highest BCUT2D eigenvalue weighted by molar-refractivity contribution is 5.78. The van der Waals surface area contributed by atoms with Crippen LogP contribution in [0, 0.1) is 18.8 Å². The monoisotopic (exact) mass is 246 g/mol. The Kier molecular flexibility index (Phi) is 4.00. The number of carbonyl (C=O) groups excluding carboxylic acids is 1. The topological polar surface area (TPSA) is 33.2 Å². The number of likely N-dealkylation sites (tertiary alicyclic amines) is 1. The van der Waals surface area contributed by atoms with Crippen LogP contribution in [0.1, 0.15) is 31.5 Å². The minimum absolute atomic E-state index is 0.235. The maximum Gasteiger partial charge on any atom is 0.227 e. The zero-order valence-corrected chi connectivity index (χ0v) is 11.5. The average molecular weight is 246 g/mol. The number of hydrogen-bond acceptors (Lipinski definition) is 2. The molecule has 2 rings (SSSR count). The molecule has 0 aromatic carbocycles. The van der Waals surface area contributed by atoms with Crippen molar-refractivity contribution in [1.82, 2.24) is 9.88 Å². The van der Waals surface area contributed by atoms with Gasteiger partial charge in [0.1, 0.15) is 0 Å². The third-order valence-electron chi connectivity index (χ3n) is 3.55. The van der Waals surface area contributed by atoms with Gasteiger partial charge >= 0.3 is 0 Å². The molecule has 1 aromatic rings. The van der Waals surface area contributed by atoms with E-state index in [9.17, 15) is 4.79 Å². The Morgan fingerprint density at radius 1 is 1.33 bits per heavy atom. The first-order chi connectivity index (χ1) is 8.54. The molecule has 0 spiro atoms. The molecule has 1 aliphatic rings. The van der Waals surface area contributed by atoms with E-state index in [0.717, 1.165) is 24.3 Å². The lowest BCUT2D eigenvalue weighted by Crippen LogP contribution is -2.43. The second kappa shape index (κ2) is 5.51. The van der Waals surface area contributed by atoms with Gasteiger partial charge in [-0.05, 0) is 36.8 Å². The second-order valence-corrected chi connectivity index (χ2v) is 5.73. The van der Waals surface area contributed by atoms with E-state index in [-0.39, 0.29) is 5.91 Å². The van der Waals surface area contributed by atoms with E-state index in [2.05, 4.69) is 18.8 Å². The number of amides is 1. The fourth-order valence-electron chi connectivity index (χ4n) is 2.76. The van der Waals surface area contributed by atoms with Crippen molar-refractivity contribution in [1.29, 1.82) is 0 Å². The van der Waals surface area contributed by atoms with Crippen LogP contribution in [0.3, 0.4) is 0 Å². The van der Waals surface area contributed by atoms with Crippen molar-refractivity contribution in [2.75, 3.05) is 13.1 Å². The smallest absolute Gasteiger partial charge is 0.227 e. The molecular weight excluding hydrogens is 224 g/mol. The predicted molar refractivity (Wildman–Crippen MR) is 72.2 cm³/mol. The molecule has 1 fully saturated rings. The van der Waals surface area contributed by atoms with Gasteiger partial charge in [0, 0.05) is 25.0 Å². The lowest BCUT2D eigenvalue weighted by molar-refractivity contribution is -0.133. The van der Waals surface area contributed by atoms with Gasteiger partial charge in [0.25, 0.3) is 0 Å². The summed E-state index contributed by atoms with van der Waals surface area (Å²) in [6.45, 7) is 8.22. The van der Waals surface area contributed by atoms with E-state index in [0.29, 0.717) is 18.3 Å². The summed E-state index contributed by atoms with van der Waals surface area (Å²) in [5.41, 5.74) is 2.00. The van der Waals surface area contributed by atoms with E-state index >= 15 is 0 Å². The molecule has 2 atom stereocenters. The number of aryl methyl sites for hydroxylation is 1. The molecule has 1 saturated heterocycles. The molecule has 0 bridgehead atoms. The van der Waals surface area contributed by atoms with Crippen LogP contribution in [-0.4, -0.2) is 28.9 Å². The lowest BCUT2D eigenvalue weighted by atomic mass is 9.91. The maximum atomic E-state index is 12.2. The molecule has 3 heteroatoms. The molecular formula is C15H22N2O. The van der Waals surface area contributed by atoms with Crippen LogP contribution in [0.4, 0.5) is 0 Å². The van der Waals surface area contributed by atoms with Crippen LogP contribution in [0.25, 0.3) is 0 Å². The number of hydrogen-bond donors (Lipinski definition) is 0. The van der Waals surface area contributed by atoms with Gasteiger partial charge in [-0.2, -0.15) is 0 Å². The van der Waals surface area contributed by atoms with Crippen molar-refractivity contribution in [3.8, 4) is 0 Å². The Morgan fingerprint density at radius 3 is 2.56 bits per heavy atom. The predicted octanol–water partition coefficient (Wildman–Crippen LogP) is 2.44. The van der Waals surface area contributed by atoms with Gasteiger partial charge in [0.2, 0.25) is 5.91 Å². The van der Waals surface area contributed by atoms with Crippen molar-refractivity contribution in [3.05, 3.63) is 29.6 Å². The summed E-state index contributed by atoms with van der Waals surface area (Å²) < 4.78 is 0. The fourth-order valence-corrected chi connectivity index (χ4v) is 2.76. The highest BCUT2D eigenvalue weighted by Gasteiger charge is 2.25. The van der Waals surface area contributed by atoms with Gasteiger partial charge in [0.05, 0.1) is 6.42 Å². The highest BCUT2D eigenvalue weighted by Crippen LogP contribution is 2.21. The minimum atomic E-state index is 0.235. The molecule has 2 heterocycles. The van der Waals surface area contributed by atoms with Gasteiger partial charge in [-0.15, -0.1) is 0 Å². The van der Waals surface area contributed by atoms with Crippen LogP contribution in [0.2, 0.25) is 0 Å². The molecule has 3 nitrogen and oxygen atoms in total. The average Bonchev–Trinajstić information content (AvgIpc) is 2.31. The Balaban J connectivity index is 1.97. The van der Waals surface area contributed by atoms with Crippen molar-refractivity contribution in [2.45, 2.75) is 33.6 Å². The number of nitrogens with zero attached hydrogens (tertiary/aromatic N) is 2. The number of rotatable bonds is 2. The molecule has 1 amide bonds. The Bertz CT molecular complexity index is 403. The second-order valence-electron chi connectivity index (χ2n) is 5.73. The largest absolute Gasteiger partial charge is 0.342 e. The van der Waals surface area contributed by atoms with Gasteiger partial charge in [-0.25, -0.2) is 0 Å². The van der Waals surface area contributed by atoms with E-state index in [1.54, 1.807) is 0 Å². The Hall–Kier alpha value is -1.38. The van der Waals surface area contributed by atoms with Crippen LogP contribution >= 0.6 is 0 Å². The first-order valence-corrected chi connectivity index (χ1v) is 6.74. The van der Waals surface area contributed by atoms with Crippen LogP contribution in [-0.2, 0) is 11.2 Å². The minimum Gasteiger partial charge on any atom is -0.342 e. The van der Waals surface area contributed by atoms with Crippen molar-refractivity contribution in [3.63, 3.8) is 0 Å². The molecule has 0 N–H and O–H groups in total. The number of aromatic nitrogens is 1. The van der Waals surface area contributed by atoms with Gasteiger partial charge in [-0.3, -0.25) is 9.78 Å². The summed E-state index contributed by atoms with van der Waals surface area (Å²) in [7, 11) is 0. The van der Waals surface area contributed by atoms with E-state index < -0.39 is 0 Å². The molecule has 18 heavy (non-hydrogen) atoms. The molecule has 1 aromatic heterocycles. The zero-order valence-electron chi connectivity index (χ0n) is 11.5. The quantitative estimate of drug-likeness (QED) is 0.803. The Labute approximate surface area is 109 Å². The third-order valence-corrected chi connectivity index (χ3v) is 3.55. The highest BCUT2D eigenvalue weighted by atomic mass is 16.2. The lowest BCUT2D eigenvalue weighted by Gasteiger charge is -2.35. The summed E-state index contributed by atoms with van der Waals surface area (Å²) in [5.74, 6) is 1.47. The molecule has 0 radical (unpaired) electrons. The zero-order chi connectivity index (χ0) is 13.1. The molecule has 0 saturated carbocycles. The van der Waals surface area contributed by atoms with Gasteiger partial charge in [0.15, 0.2) is 0 Å². The van der Waals surface area contributed by atoms with Crippen LogP contribution < -0.4 is 0 Å². The summed E-state index contributed by atoms with van der Waals surface area (Å²) in [5, 5.41) is 0. The van der Waals surface area contributed by atoms with Crippen LogP contribution in [0.5, 0.6) is 0 Å². The maximum absolute atomic E-state index is 12.2.